The number of likely N-dealkylation sites (tertiary alicyclic amines) is 1. The molecule has 1 saturated heterocycles. The van der Waals surface area contributed by atoms with Gasteiger partial charge >= 0.3 is 0 Å². The largest absolute Gasteiger partial charge is 0.339 e. The van der Waals surface area contributed by atoms with Crippen LogP contribution in [-0.2, 0) is 11.2 Å². The quantitative estimate of drug-likeness (QED) is 0.929. The maximum atomic E-state index is 12.7. The number of carbonyl (C=O) groups is 1. The zero-order valence-electron chi connectivity index (χ0n) is 13.6. The van der Waals surface area contributed by atoms with Gasteiger partial charge < -0.3 is 10.6 Å². The second-order valence-electron chi connectivity index (χ2n) is 7.07. The van der Waals surface area contributed by atoms with Gasteiger partial charge in [-0.05, 0) is 56.1 Å². The summed E-state index contributed by atoms with van der Waals surface area (Å²) in [6.07, 6.45) is 7.33. The van der Waals surface area contributed by atoms with Crippen molar-refractivity contribution in [3.8, 4) is 0 Å². The van der Waals surface area contributed by atoms with Crippen LogP contribution in [-0.4, -0.2) is 29.4 Å². The molecule has 1 saturated carbocycles. The Bertz CT molecular complexity index is 528. The molecule has 0 spiro atoms. The van der Waals surface area contributed by atoms with Crippen LogP contribution in [0.5, 0.6) is 0 Å². The van der Waals surface area contributed by atoms with Crippen molar-refractivity contribution in [2.45, 2.75) is 64.0 Å². The van der Waals surface area contributed by atoms with Crippen LogP contribution in [0.3, 0.4) is 0 Å². The highest BCUT2D eigenvalue weighted by atomic mass is 16.2. The molecular weight excluding hydrogens is 272 g/mol. The molecule has 3 heteroatoms. The first-order valence-electron chi connectivity index (χ1n) is 8.74. The fraction of sp³-hybridized carbons (Fsp3) is 0.632. The van der Waals surface area contributed by atoms with E-state index in [1.54, 1.807) is 0 Å². The van der Waals surface area contributed by atoms with Crippen LogP contribution in [0.2, 0.25) is 0 Å². The zero-order chi connectivity index (χ0) is 15.5. The third-order valence-corrected chi connectivity index (χ3v) is 5.57. The molecule has 0 radical (unpaired) electrons. The first-order valence-corrected chi connectivity index (χ1v) is 8.74. The lowest BCUT2D eigenvalue weighted by Gasteiger charge is -2.27. The Kier molecular flexibility index (Phi) is 4.82. The monoisotopic (exact) mass is 300 g/mol. The minimum Gasteiger partial charge on any atom is -0.339 e. The van der Waals surface area contributed by atoms with Crippen molar-refractivity contribution in [3.05, 3.63) is 35.4 Å². The van der Waals surface area contributed by atoms with Gasteiger partial charge in [0.05, 0.1) is 0 Å². The van der Waals surface area contributed by atoms with Gasteiger partial charge in [0.2, 0.25) is 5.91 Å². The molecule has 1 amide bonds. The number of nitrogens with zero attached hydrogens (tertiary/aromatic N) is 1. The zero-order valence-corrected chi connectivity index (χ0v) is 13.6. The van der Waals surface area contributed by atoms with Gasteiger partial charge in [-0.3, -0.25) is 4.79 Å². The maximum Gasteiger partial charge on any atom is 0.223 e. The van der Waals surface area contributed by atoms with Crippen LogP contribution in [0.15, 0.2) is 24.3 Å². The fourth-order valence-electron chi connectivity index (χ4n) is 4.13. The highest BCUT2D eigenvalue weighted by Crippen LogP contribution is 2.30. The highest BCUT2D eigenvalue weighted by molar-refractivity contribution is 5.77. The maximum absolute atomic E-state index is 12.7. The topological polar surface area (TPSA) is 46.3 Å². The molecule has 1 aromatic rings. The third-order valence-electron chi connectivity index (χ3n) is 5.57. The van der Waals surface area contributed by atoms with Gasteiger partial charge in [0.1, 0.15) is 0 Å². The Labute approximate surface area is 133 Å². The molecule has 120 valence electrons. The standard InChI is InChI=1S/C19H28N2O/c1-14-6-2-3-7-15(14)12-17-9-5-11-21(17)19(22)13-16-8-4-10-18(16)20/h2-3,6-7,16-18H,4-5,8-13,20H2,1H3/t16-,17?,18+/m0/s1. The molecule has 1 unspecified atom stereocenters. The molecule has 1 heterocycles. The van der Waals surface area contributed by atoms with Crippen LogP contribution in [0.4, 0.5) is 0 Å². The summed E-state index contributed by atoms with van der Waals surface area (Å²) >= 11 is 0. The van der Waals surface area contributed by atoms with Gasteiger partial charge in [-0.25, -0.2) is 0 Å². The van der Waals surface area contributed by atoms with E-state index >= 15 is 0 Å². The van der Waals surface area contributed by atoms with Crippen molar-refractivity contribution in [2.24, 2.45) is 11.7 Å². The number of hydrogen-bond acceptors (Lipinski definition) is 2. The lowest BCUT2D eigenvalue weighted by molar-refractivity contribution is -0.133. The molecule has 1 aliphatic carbocycles. The van der Waals surface area contributed by atoms with Crippen molar-refractivity contribution < 1.29 is 4.79 Å². The van der Waals surface area contributed by atoms with Gasteiger partial charge in [0.25, 0.3) is 0 Å². The van der Waals surface area contributed by atoms with E-state index in [-0.39, 0.29) is 6.04 Å². The average Bonchev–Trinajstić information content (AvgIpc) is 3.11. The van der Waals surface area contributed by atoms with Crippen molar-refractivity contribution in [1.82, 2.24) is 4.90 Å². The van der Waals surface area contributed by atoms with E-state index in [9.17, 15) is 4.79 Å². The molecule has 2 N–H and O–H groups in total. The minimum atomic E-state index is 0.237. The van der Waals surface area contributed by atoms with Gasteiger partial charge in [0.15, 0.2) is 0 Å². The number of amides is 1. The lowest BCUT2D eigenvalue weighted by Crippen LogP contribution is -2.39. The molecule has 1 aliphatic heterocycles. The Morgan fingerprint density at radius 2 is 2.05 bits per heavy atom. The highest BCUT2D eigenvalue weighted by Gasteiger charge is 2.33. The number of nitrogens with two attached hydrogens (primary N) is 1. The first-order chi connectivity index (χ1) is 10.6. The number of aryl methyl sites for hydroxylation is 1. The summed E-state index contributed by atoms with van der Waals surface area (Å²) in [5, 5.41) is 0. The van der Waals surface area contributed by atoms with Crippen LogP contribution in [0.1, 0.15) is 49.7 Å². The Morgan fingerprint density at radius 3 is 2.77 bits per heavy atom. The van der Waals surface area contributed by atoms with E-state index in [2.05, 4.69) is 36.1 Å². The predicted molar refractivity (Wildman–Crippen MR) is 89.6 cm³/mol. The second-order valence-corrected chi connectivity index (χ2v) is 7.07. The van der Waals surface area contributed by atoms with Gasteiger partial charge in [-0.1, -0.05) is 30.7 Å². The molecule has 3 atom stereocenters. The lowest BCUT2D eigenvalue weighted by atomic mass is 9.97. The third kappa shape index (κ3) is 3.35. The molecular formula is C19H28N2O. The van der Waals surface area contributed by atoms with Crippen molar-refractivity contribution >= 4 is 5.91 Å². The molecule has 1 aromatic carbocycles. The summed E-state index contributed by atoms with van der Waals surface area (Å²) in [7, 11) is 0. The number of benzene rings is 1. The van der Waals surface area contributed by atoms with Gasteiger partial charge in [-0.15, -0.1) is 0 Å². The summed E-state index contributed by atoms with van der Waals surface area (Å²) in [6, 6.07) is 9.16. The Balaban J connectivity index is 1.62. The molecule has 0 aromatic heterocycles. The smallest absolute Gasteiger partial charge is 0.223 e. The van der Waals surface area contributed by atoms with Crippen LogP contribution in [0, 0.1) is 12.8 Å². The second kappa shape index (κ2) is 6.82. The van der Waals surface area contributed by atoms with E-state index in [1.165, 1.54) is 17.5 Å². The van der Waals surface area contributed by atoms with Crippen molar-refractivity contribution in [1.29, 1.82) is 0 Å². The first kappa shape index (κ1) is 15.5. The van der Waals surface area contributed by atoms with Crippen LogP contribution in [0.25, 0.3) is 0 Å². The SMILES string of the molecule is Cc1ccccc1CC1CCCN1C(=O)C[C@@H]1CCC[C@H]1N. The summed E-state index contributed by atoms with van der Waals surface area (Å²) in [5.74, 6) is 0.741. The molecule has 2 fully saturated rings. The molecule has 2 aliphatic rings. The van der Waals surface area contributed by atoms with E-state index in [1.807, 2.05) is 0 Å². The summed E-state index contributed by atoms with van der Waals surface area (Å²) < 4.78 is 0. The van der Waals surface area contributed by atoms with Gasteiger partial charge in [-0.2, -0.15) is 0 Å². The number of carbonyl (C=O) groups excluding carboxylic acids is 1. The van der Waals surface area contributed by atoms with Crippen LogP contribution >= 0.6 is 0 Å². The average molecular weight is 300 g/mol. The summed E-state index contributed by atoms with van der Waals surface area (Å²) in [6.45, 7) is 3.09. The molecule has 3 rings (SSSR count). The number of hydrogen-bond donors (Lipinski definition) is 1. The van der Waals surface area contributed by atoms with Gasteiger partial charge in [0, 0.05) is 25.0 Å². The summed E-state index contributed by atoms with van der Waals surface area (Å²) in [4.78, 5) is 14.8. The Hall–Kier alpha value is -1.35. The Morgan fingerprint density at radius 1 is 1.23 bits per heavy atom. The fourth-order valence-corrected chi connectivity index (χ4v) is 4.13. The minimum absolute atomic E-state index is 0.237. The number of rotatable bonds is 4. The van der Waals surface area contributed by atoms with E-state index in [0.717, 1.165) is 38.6 Å². The molecule has 3 nitrogen and oxygen atoms in total. The van der Waals surface area contributed by atoms with Crippen LogP contribution < -0.4 is 5.73 Å². The normalized spacial score (nSPS) is 28.3. The van der Waals surface area contributed by atoms with Crippen molar-refractivity contribution in [3.63, 3.8) is 0 Å². The molecule has 22 heavy (non-hydrogen) atoms. The predicted octanol–water partition coefficient (Wildman–Crippen LogP) is 3.05. The molecule has 0 bridgehead atoms. The van der Waals surface area contributed by atoms with E-state index < -0.39 is 0 Å². The summed E-state index contributed by atoms with van der Waals surface area (Å²) in [5.41, 5.74) is 8.85. The van der Waals surface area contributed by atoms with Crippen molar-refractivity contribution in [2.75, 3.05) is 6.54 Å². The van der Waals surface area contributed by atoms with E-state index in [0.29, 0.717) is 24.3 Å². The van der Waals surface area contributed by atoms with E-state index in [4.69, 9.17) is 5.73 Å².